The Hall–Kier alpha value is -1.22. The fraction of sp³-hybridized carbons (Fsp3) is 0.625. The normalized spacial score (nSPS) is 17.7. The molecule has 1 aliphatic heterocycles. The fourth-order valence-electron chi connectivity index (χ4n) is 2.50. The van der Waals surface area contributed by atoms with Gasteiger partial charge in [0.15, 0.2) is 11.5 Å². The van der Waals surface area contributed by atoms with E-state index in [1.54, 1.807) is 0 Å². The Kier molecular flexibility index (Phi) is 4.35. The molecule has 0 amide bonds. The Morgan fingerprint density at radius 3 is 2.95 bits per heavy atom. The van der Waals surface area contributed by atoms with E-state index in [1.165, 1.54) is 5.56 Å². The summed E-state index contributed by atoms with van der Waals surface area (Å²) >= 11 is 0. The van der Waals surface area contributed by atoms with Crippen LogP contribution in [0.15, 0.2) is 18.2 Å². The Labute approximate surface area is 116 Å². The van der Waals surface area contributed by atoms with Crippen LogP contribution in [0.2, 0.25) is 0 Å². The molecule has 0 aromatic heterocycles. The molecule has 0 spiro atoms. The summed E-state index contributed by atoms with van der Waals surface area (Å²) in [7, 11) is 0. The van der Waals surface area contributed by atoms with E-state index in [1.807, 2.05) is 12.1 Å². The van der Waals surface area contributed by atoms with Gasteiger partial charge in [0.2, 0.25) is 0 Å². The predicted octanol–water partition coefficient (Wildman–Crippen LogP) is 3.17. The lowest BCUT2D eigenvalue weighted by molar-refractivity contribution is 0.131. The smallest absolute Gasteiger partial charge is 0.165 e. The van der Waals surface area contributed by atoms with E-state index < -0.39 is 0 Å². The van der Waals surface area contributed by atoms with Gasteiger partial charge in [0, 0.05) is 18.0 Å². The molecular weight excluding hydrogens is 238 g/mol. The van der Waals surface area contributed by atoms with Gasteiger partial charge in [-0.2, -0.15) is 0 Å². The molecule has 19 heavy (non-hydrogen) atoms. The topological polar surface area (TPSA) is 30.5 Å². The molecule has 1 unspecified atom stereocenters. The molecule has 1 aliphatic rings. The van der Waals surface area contributed by atoms with Gasteiger partial charge in [-0.15, -0.1) is 0 Å². The van der Waals surface area contributed by atoms with Crippen LogP contribution in [-0.4, -0.2) is 24.8 Å². The molecule has 0 saturated heterocycles. The van der Waals surface area contributed by atoms with Gasteiger partial charge in [0.25, 0.3) is 0 Å². The van der Waals surface area contributed by atoms with Crippen LogP contribution in [0.25, 0.3) is 0 Å². The predicted molar refractivity (Wildman–Crippen MR) is 78.1 cm³/mol. The average Bonchev–Trinajstić information content (AvgIpc) is 2.64. The van der Waals surface area contributed by atoms with Crippen LogP contribution < -0.4 is 14.8 Å². The highest BCUT2D eigenvalue weighted by molar-refractivity contribution is 5.50. The lowest BCUT2D eigenvalue weighted by atomic mass is 10.0. The van der Waals surface area contributed by atoms with Crippen molar-refractivity contribution in [3.05, 3.63) is 23.8 Å². The van der Waals surface area contributed by atoms with E-state index in [0.29, 0.717) is 12.6 Å². The Morgan fingerprint density at radius 1 is 1.42 bits per heavy atom. The van der Waals surface area contributed by atoms with Crippen molar-refractivity contribution in [3.63, 3.8) is 0 Å². The molecule has 3 heteroatoms. The number of benzene rings is 1. The Balaban J connectivity index is 1.94. The van der Waals surface area contributed by atoms with Gasteiger partial charge in [0.05, 0.1) is 6.61 Å². The third-order valence-corrected chi connectivity index (χ3v) is 3.42. The van der Waals surface area contributed by atoms with Gasteiger partial charge in [-0.3, -0.25) is 0 Å². The summed E-state index contributed by atoms with van der Waals surface area (Å²) in [5.41, 5.74) is 1.14. The van der Waals surface area contributed by atoms with Crippen molar-refractivity contribution >= 4 is 0 Å². The quantitative estimate of drug-likeness (QED) is 0.855. The maximum absolute atomic E-state index is 5.99. The number of hydrogen-bond acceptors (Lipinski definition) is 3. The second-order valence-corrected chi connectivity index (χ2v) is 5.88. The van der Waals surface area contributed by atoms with Gasteiger partial charge in [-0.1, -0.05) is 19.1 Å². The minimum atomic E-state index is -0.112. The zero-order valence-electron chi connectivity index (χ0n) is 12.5. The fourth-order valence-corrected chi connectivity index (χ4v) is 2.50. The second-order valence-electron chi connectivity index (χ2n) is 5.88. The third kappa shape index (κ3) is 3.63. The first-order valence-corrected chi connectivity index (χ1v) is 7.19. The van der Waals surface area contributed by atoms with Crippen LogP contribution in [0, 0.1) is 0 Å². The van der Waals surface area contributed by atoms with Crippen LogP contribution in [0.3, 0.4) is 0 Å². The van der Waals surface area contributed by atoms with Crippen LogP contribution in [0.1, 0.15) is 39.7 Å². The van der Waals surface area contributed by atoms with Gasteiger partial charge < -0.3 is 14.8 Å². The van der Waals surface area contributed by atoms with E-state index in [4.69, 9.17) is 9.47 Å². The number of ether oxygens (including phenoxy) is 2. The molecule has 1 aromatic rings. The lowest BCUT2D eigenvalue weighted by Crippen LogP contribution is -2.27. The SMILES string of the molecule is CCNC(C)CCOc1cccc2c1OC(C)(C)C2. The molecule has 0 fully saturated rings. The van der Waals surface area contributed by atoms with Crippen molar-refractivity contribution in [1.82, 2.24) is 5.32 Å². The van der Waals surface area contributed by atoms with Crippen LogP contribution in [0.4, 0.5) is 0 Å². The molecule has 1 aromatic carbocycles. The highest BCUT2D eigenvalue weighted by Gasteiger charge is 2.32. The molecule has 0 saturated carbocycles. The van der Waals surface area contributed by atoms with E-state index in [-0.39, 0.29) is 5.60 Å². The first-order chi connectivity index (χ1) is 9.02. The number of rotatable bonds is 6. The van der Waals surface area contributed by atoms with Gasteiger partial charge in [-0.25, -0.2) is 0 Å². The Bertz CT molecular complexity index is 429. The Morgan fingerprint density at radius 2 is 2.21 bits per heavy atom. The van der Waals surface area contributed by atoms with Crippen LogP contribution in [-0.2, 0) is 6.42 Å². The number of nitrogens with one attached hydrogen (secondary N) is 1. The van der Waals surface area contributed by atoms with Crippen molar-refractivity contribution in [2.75, 3.05) is 13.2 Å². The summed E-state index contributed by atoms with van der Waals surface area (Å²) < 4.78 is 11.9. The summed E-state index contributed by atoms with van der Waals surface area (Å²) in [6.07, 6.45) is 1.95. The van der Waals surface area contributed by atoms with Gasteiger partial charge >= 0.3 is 0 Å². The minimum Gasteiger partial charge on any atom is -0.490 e. The second kappa shape index (κ2) is 5.83. The first kappa shape index (κ1) is 14.2. The van der Waals surface area contributed by atoms with Crippen molar-refractivity contribution < 1.29 is 9.47 Å². The van der Waals surface area contributed by atoms with Crippen molar-refractivity contribution in [2.45, 2.75) is 52.2 Å². The van der Waals surface area contributed by atoms with Gasteiger partial charge in [0.1, 0.15) is 5.60 Å². The first-order valence-electron chi connectivity index (χ1n) is 7.19. The molecule has 0 aliphatic carbocycles. The molecule has 0 radical (unpaired) electrons. The lowest BCUT2D eigenvalue weighted by Gasteiger charge is -2.18. The summed E-state index contributed by atoms with van der Waals surface area (Å²) in [6, 6.07) is 6.65. The maximum atomic E-state index is 5.99. The van der Waals surface area contributed by atoms with Gasteiger partial charge in [-0.05, 0) is 39.8 Å². The minimum absolute atomic E-state index is 0.112. The summed E-state index contributed by atoms with van der Waals surface area (Å²) in [6.45, 7) is 10.3. The van der Waals surface area contributed by atoms with Crippen molar-refractivity contribution in [2.24, 2.45) is 0 Å². The molecular formula is C16H25NO2. The number of fused-ring (bicyclic) bond motifs is 1. The maximum Gasteiger partial charge on any atom is 0.165 e. The zero-order chi connectivity index (χ0) is 13.9. The summed E-state index contributed by atoms with van der Waals surface area (Å²) in [5.74, 6) is 1.82. The molecule has 0 bridgehead atoms. The molecule has 2 rings (SSSR count). The monoisotopic (exact) mass is 263 g/mol. The van der Waals surface area contributed by atoms with E-state index in [0.717, 1.165) is 30.9 Å². The van der Waals surface area contributed by atoms with Crippen molar-refractivity contribution in [1.29, 1.82) is 0 Å². The molecule has 3 nitrogen and oxygen atoms in total. The number of hydrogen-bond donors (Lipinski definition) is 1. The van der Waals surface area contributed by atoms with E-state index in [2.05, 4.69) is 39.1 Å². The van der Waals surface area contributed by atoms with Crippen LogP contribution >= 0.6 is 0 Å². The highest BCUT2D eigenvalue weighted by Crippen LogP contribution is 2.41. The standard InChI is InChI=1S/C16H25NO2/c1-5-17-12(2)9-10-18-14-8-6-7-13-11-16(3,4)19-15(13)14/h6-8,12,17H,5,9-11H2,1-4H3. The molecule has 1 atom stereocenters. The van der Waals surface area contributed by atoms with E-state index >= 15 is 0 Å². The highest BCUT2D eigenvalue weighted by atomic mass is 16.5. The number of para-hydroxylation sites is 1. The average molecular weight is 263 g/mol. The van der Waals surface area contributed by atoms with E-state index in [9.17, 15) is 0 Å². The zero-order valence-corrected chi connectivity index (χ0v) is 12.5. The molecule has 106 valence electrons. The molecule has 1 heterocycles. The van der Waals surface area contributed by atoms with Crippen molar-refractivity contribution in [3.8, 4) is 11.5 Å². The van der Waals surface area contributed by atoms with Crippen LogP contribution in [0.5, 0.6) is 11.5 Å². The third-order valence-electron chi connectivity index (χ3n) is 3.42. The summed E-state index contributed by atoms with van der Waals surface area (Å²) in [4.78, 5) is 0. The molecule has 1 N–H and O–H groups in total. The summed E-state index contributed by atoms with van der Waals surface area (Å²) in [5, 5.41) is 3.39. The largest absolute Gasteiger partial charge is 0.490 e.